The van der Waals surface area contributed by atoms with Crippen LogP contribution in [0.4, 0.5) is 0 Å². The number of nitrogens with zero attached hydrogens (tertiary/aromatic N) is 1. The summed E-state index contributed by atoms with van der Waals surface area (Å²) in [5.41, 5.74) is 3.89. The minimum absolute atomic E-state index is 0.579. The van der Waals surface area contributed by atoms with E-state index in [1.54, 1.807) is 0 Å². The molecule has 0 saturated carbocycles. The molecular formula is C21H27NO2. The first kappa shape index (κ1) is 18.2. The molecule has 3 nitrogen and oxygen atoms in total. The maximum absolute atomic E-state index is 11.6. The van der Waals surface area contributed by atoms with Crippen LogP contribution in [0.1, 0.15) is 30.9 Å². The summed E-state index contributed by atoms with van der Waals surface area (Å²) in [7, 11) is 0. The van der Waals surface area contributed by atoms with Crippen molar-refractivity contribution in [2.45, 2.75) is 26.7 Å². The Kier molecular flexibility index (Phi) is 7.01. The van der Waals surface area contributed by atoms with Crippen molar-refractivity contribution in [3.8, 4) is 0 Å². The fourth-order valence-corrected chi connectivity index (χ4v) is 2.78. The molecular weight excluding hydrogens is 298 g/mol. The van der Waals surface area contributed by atoms with E-state index in [0.717, 1.165) is 50.0 Å². The number of allylic oxidation sites excluding steroid dienone is 3. The van der Waals surface area contributed by atoms with E-state index in [2.05, 4.69) is 17.7 Å². The van der Waals surface area contributed by atoms with Gasteiger partial charge in [0.2, 0.25) is 0 Å². The van der Waals surface area contributed by atoms with Crippen molar-refractivity contribution < 1.29 is 9.53 Å². The SMILES string of the molecule is C=C/C(C)=C/N(/C=C(\C=O)c1ccc(C)cc1)CC1CCOCC1. The first-order chi connectivity index (χ1) is 11.6. The van der Waals surface area contributed by atoms with Crippen molar-refractivity contribution in [3.63, 3.8) is 0 Å². The van der Waals surface area contributed by atoms with Gasteiger partial charge >= 0.3 is 0 Å². The smallest absolute Gasteiger partial charge is 0.152 e. The summed E-state index contributed by atoms with van der Waals surface area (Å²) in [6.07, 6.45) is 8.88. The second-order valence-corrected chi connectivity index (χ2v) is 6.40. The number of ether oxygens (including phenoxy) is 1. The molecule has 1 heterocycles. The Balaban J connectivity index is 2.24. The first-order valence-corrected chi connectivity index (χ1v) is 8.50. The Morgan fingerprint density at radius 1 is 1.25 bits per heavy atom. The molecule has 0 aliphatic carbocycles. The summed E-state index contributed by atoms with van der Waals surface area (Å²) in [5, 5.41) is 0. The van der Waals surface area contributed by atoms with Crippen LogP contribution in [-0.4, -0.2) is 30.9 Å². The molecule has 0 aromatic heterocycles. The number of carbonyl (C=O) groups excluding carboxylic acids is 1. The number of rotatable bonds is 7. The van der Waals surface area contributed by atoms with Crippen LogP contribution in [0, 0.1) is 12.8 Å². The maximum Gasteiger partial charge on any atom is 0.152 e. The zero-order valence-electron chi connectivity index (χ0n) is 14.7. The number of carbonyl (C=O) groups is 1. The molecule has 0 radical (unpaired) electrons. The van der Waals surface area contributed by atoms with Gasteiger partial charge in [-0.1, -0.05) is 42.5 Å². The summed E-state index contributed by atoms with van der Waals surface area (Å²) in [6.45, 7) is 10.4. The lowest BCUT2D eigenvalue weighted by atomic mass is 9.99. The molecule has 0 atom stereocenters. The average Bonchev–Trinajstić information content (AvgIpc) is 2.61. The topological polar surface area (TPSA) is 29.5 Å². The molecule has 2 rings (SSSR count). The Labute approximate surface area is 145 Å². The molecule has 1 aliphatic heterocycles. The van der Waals surface area contributed by atoms with E-state index in [9.17, 15) is 4.79 Å². The fraction of sp³-hybridized carbons (Fsp3) is 0.381. The van der Waals surface area contributed by atoms with Crippen LogP contribution >= 0.6 is 0 Å². The van der Waals surface area contributed by atoms with Crippen molar-refractivity contribution >= 4 is 11.9 Å². The Morgan fingerprint density at radius 2 is 1.92 bits per heavy atom. The third-order valence-electron chi connectivity index (χ3n) is 4.32. The van der Waals surface area contributed by atoms with E-state index in [-0.39, 0.29) is 0 Å². The van der Waals surface area contributed by atoms with Crippen LogP contribution in [0.15, 0.2) is 54.9 Å². The van der Waals surface area contributed by atoms with E-state index in [4.69, 9.17) is 4.74 Å². The Morgan fingerprint density at radius 3 is 2.50 bits per heavy atom. The molecule has 1 aromatic rings. The molecule has 0 N–H and O–H groups in total. The van der Waals surface area contributed by atoms with Crippen LogP contribution in [0.3, 0.4) is 0 Å². The highest BCUT2D eigenvalue weighted by Gasteiger charge is 2.16. The van der Waals surface area contributed by atoms with E-state index < -0.39 is 0 Å². The van der Waals surface area contributed by atoms with Gasteiger partial charge in [-0.2, -0.15) is 0 Å². The minimum Gasteiger partial charge on any atom is -0.381 e. The quantitative estimate of drug-likeness (QED) is 0.424. The Hall–Kier alpha value is -2.13. The number of hydrogen-bond acceptors (Lipinski definition) is 3. The van der Waals surface area contributed by atoms with Crippen LogP contribution in [0.2, 0.25) is 0 Å². The van der Waals surface area contributed by atoms with Crippen LogP contribution in [-0.2, 0) is 9.53 Å². The van der Waals surface area contributed by atoms with Gasteiger partial charge in [0, 0.05) is 37.7 Å². The molecule has 0 bridgehead atoms. The first-order valence-electron chi connectivity index (χ1n) is 8.50. The molecule has 24 heavy (non-hydrogen) atoms. The maximum atomic E-state index is 11.6. The molecule has 1 aliphatic rings. The van der Waals surface area contributed by atoms with Gasteiger partial charge in [0.05, 0.1) is 0 Å². The monoisotopic (exact) mass is 325 g/mol. The minimum atomic E-state index is 0.579. The van der Waals surface area contributed by atoms with Gasteiger partial charge in [0.15, 0.2) is 6.29 Å². The Bertz CT molecular complexity index is 607. The van der Waals surface area contributed by atoms with Gasteiger partial charge in [-0.05, 0) is 43.7 Å². The zero-order chi connectivity index (χ0) is 17.4. The van der Waals surface area contributed by atoms with E-state index in [0.29, 0.717) is 11.5 Å². The normalized spacial score (nSPS) is 16.8. The van der Waals surface area contributed by atoms with Gasteiger partial charge in [0.1, 0.15) is 0 Å². The predicted octanol–water partition coefficient (Wildman–Crippen LogP) is 4.35. The second kappa shape index (κ2) is 9.24. The van der Waals surface area contributed by atoms with Gasteiger partial charge in [-0.3, -0.25) is 4.79 Å². The van der Waals surface area contributed by atoms with Crippen molar-refractivity contribution in [1.29, 1.82) is 0 Å². The summed E-state index contributed by atoms with van der Waals surface area (Å²) in [5.74, 6) is 0.579. The van der Waals surface area contributed by atoms with E-state index in [1.807, 2.05) is 50.4 Å². The number of hydrogen-bond donors (Lipinski definition) is 0. The van der Waals surface area contributed by atoms with Crippen molar-refractivity contribution in [2.24, 2.45) is 5.92 Å². The highest BCUT2D eigenvalue weighted by atomic mass is 16.5. The molecule has 1 saturated heterocycles. The number of aldehydes is 1. The average molecular weight is 325 g/mol. The molecule has 0 spiro atoms. The lowest BCUT2D eigenvalue weighted by Gasteiger charge is -2.27. The van der Waals surface area contributed by atoms with Crippen LogP contribution in [0.5, 0.6) is 0 Å². The standard InChI is InChI=1S/C21H27NO2/c1-4-17(2)13-22(14-19-9-11-24-12-10-19)15-21(16-23)20-7-5-18(3)6-8-20/h4-8,13,15-16,19H,1,9-12,14H2,2-3H3/b17-13+,21-15+. The molecule has 1 fully saturated rings. The molecule has 0 unspecified atom stereocenters. The lowest BCUT2D eigenvalue weighted by Crippen LogP contribution is -2.26. The highest BCUT2D eigenvalue weighted by Crippen LogP contribution is 2.20. The van der Waals surface area contributed by atoms with Gasteiger partial charge in [-0.25, -0.2) is 0 Å². The fourth-order valence-electron chi connectivity index (χ4n) is 2.78. The third kappa shape index (κ3) is 5.50. The highest BCUT2D eigenvalue weighted by molar-refractivity contribution is 6.06. The molecule has 3 heteroatoms. The largest absolute Gasteiger partial charge is 0.381 e. The summed E-state index contributed by atoms with van der Waals surface area (Å²) in [6, 6.07) is 8.04. The summed E-state index contributed by atoms with van der Waals surface area (Å²) in [4.78, 5) is 13.7. The van der Waals surface area contributed by atoms with Crippen molar-refractivity contribution in [2.75, 3.05) is 19.8 Å². The summed E-state index contributed by atoms with van der Waals surface area (Å²) >= 11 is 0. The number of aryl methyl sites for hydroxylation is 1. The van der Waals surface area contributed by atoms with Crippen molar-refractivity contribution in [1.82, 2.24) is 4.90 Å². The lowest BCUT2D eigenvalue weighted by molar-refractivity contribution is -0.103. The predicted molar refractivity (Wildman–Crippen MR) is 99.4 cm³/mol. The zero-order valence-corrected chi connectivity index (χ0v) is 14.7. The van der Waals surface area contributed by atoms with Gasteiger partial charge in [0.25, 0.3) is 0 Å². The van der Waals surface area contributed by atoms with Gasteiger partial charge in [-0.15, -0.1) is 0 Å². The van der Waals surface area contributed by atoms with Crippen LogP contribution in [0.25, 0.3) is 5.57 Å². The molecule has 0 amide bonds. The third-order valence-corrected chi connectivity index (χ3v) is 4.32. The number of benzene rings is 1. The van der Waals surface area contributed by atoms with E-state index >= 15 is 0 Å². The van der Waals surface area contributed by atoms with Gasteiger partial charge < -0.3 is 9.64 Å². The summed E-state index contributed by atoms with van der Waals surface area (Å²) < 4.78 is 5.44. The van der Waals surface area contributed by atoms with E-state index in [1.165, 1.54) is 5.56 Å². The second-order valence-electron chi connectivity index (χ2n) is 6.40. The molecule has 128 valence electrons. The molecule has 1 aromatic carbocycles. The van der Waals surface area contributed by atoms with Crippen LogP contribution < -0.4 is 0 Å². The van der Waals surface area contributed by atoms with Crippen molar-refractivity contribution in [3.05, 3.63) is 66.0 Å².